The van der Waals surface area contributed by atoms with Crippen LogP contribution in [0.3, 0.4) is 0 Å². The lowest BCUT2D eigenvalue weighted by Gasteiger charge is -2.13. The van der Waals surface area contributed by atoms with Gasteiger partial charge in [-0.3, -0.25) is 0 Å². The standard InChI is InChI=1S/C11H6BrF4N/c1-5-8(12)6-3-2-4-7(13)9(6)17-10(5)11(14,15)16/h2-4H,1H3. The van der Waals surface area contributed by atoms with Crippen LogP contribution < -0.4 is 0 Å². The van der Waals surface area contributed by atoms with Gasteiger partial charge in [-0.25, -0.2) is 9.37 Å². The number of alkyl halides is 3. The van der Waals surface area contributed by atoms with E-state index in [0.717, 1.165) is 6.07 Å². The Morgan fingerprint density at radius 1 is 1.24 bits per heavy atom. The third kappa shape index (κ3) is 2.01. The first-order valence-corrected chi connectivity index (χ1v) is 5.43. The summed E-state index contributed by atoms with van der Waals surface area (Å²) in [6.45, 7) is 1.30. The molecule has 90 valence electrons. The minimum Gasteiger partial charge on any atom is -0.240 e. The van der Waals surface area contributed by atoms with Crippen molar-refractivity contribution in [2.75, 3.05) is 0 Å². The first-order valence-electron chi connectivity index (χ1n) is 4.64. The third-order valence-electron chi connectivity index (χ3n) is 2.40. The summed E-state index contributed by atoms with van der Waals surface area (Å²) in [6.07, 6.45) is -4.59. The summed E-state index contributed by atoms with van der Waals surface area (Å²) in [6, 6.07) is 4.02. The lowest BCUT2D eigenvalue weighted by molar-refractivity contribution is -0.141. The van der Waals surface area contributed by atoms with Crippen molar-refractivity contribution in [1.82, 2.24) is 4.98 Å². The van der Waals surface area contributed by atoms with E-state index in [2.05, 4.69) is 20.9 Å². The summed E-state index contributed by atoms with van der Waals surface area (Å²) in [5.74, 6) is -0.770. The molecule has 0 saturated carbocycles. The van der Waals surface area contributed by atoms with Gasteiger partial charge in [0, 0.05) is 9.86 Å². The summed E-state index contributed by atoms with van der Waals surface area (Å²) in [4.78, 5) is 3.38. The highest BCUT2D eigenvalue weighted by atomic mass is 79.9. The average molecular weight is 308 g/mol. The maximum atomic E-state index is 13.4. The zero-order valence-corrected chi connectivity index (χ0v) is 10.2. The van der Waals surface area contributed by atoms with E-state index in [9.17, 15) is 17.6 Å². The smallest absolute Gasteiger partial charge is 0.240 e. The van der Waals surface area contributed by atoms with Gasteiger partial charge in [-0.15, -0.1) is 0 Å². The summed E-state index contributed by atoms with van der Waals surface area (Å²) in [5, 5.41) is 0.329. The van der Waals surface area contributed by atoms with Crippen LogP contribution >= 0.6 is 15.9 Å². The Morgan fingerprint density at radius 3 is 2.47 bits per heavy atom. The van der Waals surface area contributed by atoms with Crippen LogP contribution in [-0.2, 0) is 6.18 Å². The minimum absolute atomic E-state index is 0.0457. The molecular formula is C11H6BrF4N. The van der Waals surface area contributed by atoms with Crippen LogP contribution in [-0.4, -0.2) is 4.98 Å². The molecule has 0 unspecified atom stereocenters. The Balaban J connectivity index is 2.91. The molecule has 0 amide bonds. The molecule has 0 radical (unpaired) electrons. The van der Waals surface area contributed by atoms with E-state index >= 15 is 0 Å². The molecule has 0 fully saturated rings. The highest BCUT2D eigenvalue weighted by Crippen LogP contribution is 2.37. The fourth-order valence-corrected chi connectivity index (χ4v) is 2.09. The molecular weight excluding hydrogens is 302 g/mol. The number of aromatic nitrogens is 1. The van der Waals surface area contributed by atoms with Crippen molar-refractivity contribution >= 4 is 26.8 Å². The molecule has 1 aromatic carbocycles. The van der Waals surface area contributed by atoms with E-state index in [1.165, 1.54) is 19.1 Å². The first-order chi connectivity index (χ1) is 7.82. The van der Waals surface area contributed by atoms with Gasteiger partial charge in [0.1, 0.15) is 17.0 Å². The second-order valence-corrected chi connectivity index (χ2v) is 4.33. The number of halogens is 5. The number of nitrogens with zero attached hydrogens (tertiary/aromatic N) is 1. The number of benzene rings is 1. The third-order valence-corrected chi connectivity index (χ3v) is 3.42. The molecule has 0 spiro atoms. The van der Waals surface area contributed by atoms with E-state index in [1.807, 2.05) is 0 Å². The van der Waals surface area contributed by atoms with Crippen molar-refractivity contribution in [3.05, 3.63) is 39.7 Å². The zero-order chi connectivity index (χ0) is 12.8. The highest BCUT2D eigenvalue weighted by molar-refractivity contribution is 9.10. The van der Waals surface area contributed by atoms with Gasteiger partial charge in [-0.1, -0.05) is 12.1 Å². The molecule has 0 aliphatic carbocycles. The van der Waals surface area contributed by atoms with Crippen molar-refractivity contribution in [2.45, 2.75) is 13.1 Å². The summed E-state index contributed by atoms with van der Waals surface area (Å²) >= 11 is 3.05. The number of hydrogen-bond acceptors (Lipinski definition) is 1. The predicted molar refractivity (Wildman–Crippen MR) is 59.1 cm³/mol. The van der Waals surface area contributed by atoms with Gasteiger partial charge < -0.3 is 0 Å². The Morgan fingerprint density at radius 2 is 1.88 bits per heavy atom. The van der Waals surface area contributed by atoms with Crippen LogP contribution in [0.5, 0.6) is 0 Å². The fraction of sp³-hybridized carbons (Fsp3) is 0.182. The quantitative estimate of drug-likeness (QED) is 0.655. The Kier molecular flexibility index (Phi) is 2.85. The second-order valence-electron chi connectivity index (χ2n) is 3.53. The molecule has 0 saturated heterocycles. The second kappa shape index (κ2) is 3.94. The number of fused-ring (bicyclic) bond motifs is 1. The van der Waals surface area contributed by atoms with Gasteiger partial charge in [0.15, 0.2) is 0 Å². The average Bonchev–Trinajstić information content (AvgIpc) is 2.22. The zero-order valence-electron chi connectivity index (χ0n) is 8.57. The highest BCUT2D eigenvalue weighted by Gasteiger charge is 2.36. The molecule has 0 aliphatic rings. The van der Waals surface area contributed by atoms with Crippen LogP contribution in [0.2, 0.25) is 0 Å². The van der Waals surface area contributed by atoms with Gasteiger partial charge in [0.05, 0.1) is 0 Å². The van der Waals surface area contributed by atoms with E-state index in [-0.39, 0.29) is 15.6 Å². The van der Waals surface area contributed by atoms with Crippen molar-refractivity contribution in [3.63, 3.8) is 0 Å². The lowest BCUT2D eigenvalue weighted by atomic mass is 10.1. The molecule has 0 aliphatic heterocycles. The minimum atomic E-state index is -4.59. The van der Waals surface area contributed by atoms with Gasteiger partial charge >= 0.3 is 6.18 Å². The number of rotatable bonds is 0. The Bertz CT molecular complexity index is 592. The van der Waals surface area contributed by atoms with Crippen LogP contribution in [0.15, 0.2) is 22.7 Å². The largest absolute Gasteiger partial charge is 0.433 e. The molecule has 2 rings (SSSR count). The van der Waals surface area contributed by atoms with Gasteiger partial charge in [-0.05, 0) is 34.5 Å². The monoisotopic (exact) mass is 307 g/mol. The van der Waals surface area contributed by atoms with Crippen molar-refractivity contribution in [2.24, 2.45) is 0 Å². The van der Waals surface area contributed by atoms with Gasteiger partial charge in [-0.2, -0.15) is 13.2 Å². The number of pyridine rings is 1. The number of para-hydroxylation sites is 1. The SMILES string of the molecule is Cc1c(C(F)(F)F)nc2c(F)cccc2c1Br. The predicted octanol–water partition coefficient (Wildman–Crippen LogP) is 4.46. The van der Waals surface area contributed by atoms with E-state index in [1.54, 1.807) is 0 Å². The molecule has 17 heavy (non-hydrogen) atoms. The van der Waals surface area contributed by atoms with Crippen LogP contribution in [0, 0.1) is 12.7 Å². The maximum Gasteiger partial charge on any atom is 0.433 e. The Hall–Kier alpha value is -1.17. The van der Waals surface area contributed by atoms with Crippen molar-refractivity contribution in [1.29, 1.82) is 0 Å². The molecule has 1 aromatic heterocycles. The van der Waals surface area contributed by atoms with Crippen LogP contribution in [0.4, 0.5) is 17.6 Å². The molecule has 2 aromatic rings. The maximum absolute atomic E-state index is 13.4. The number of hydrogen-bond donors (Lipinski definition) is 0. The molecule has 0 atom stereocenters. The van der Waals surface area contributed by atoms with E-state index < -0.39 is 17.7 Å². The summed E-state index contributed by atoms with van der Waals surface area (Å²) in [5.41, 5.74) is -1.39. The molecule has 1 nitrogen and oxygen atoms in total. The summed E-state index contributed by atoms with van der Waals surface area (Å²) in [7, 11) is 0. The molecule has 0 bridgehead atoms. The lowest BCUT2D eigenvalue weighted by Crippen LogP contribution is -2.11. The normalized spacial score (nSPS) is 12.1. The van der Waals surface area contributed by atoms with Gasteiger partial charge in [0.25, 0.3) is 0 Å². The summed E-state index contributed by atoms with van der Waals surface area (Å²) < 4.78 is 51.7. The van der Waals surface area contributed by atoms with Crippen LogP contribution in [0.1, 0.15) is 11.3 Å². The van der Waals surface area contributed by atoms with Gasteiger partial charge in [0.2, 0.25) is 0 Å². The molecule has 6 heteroatoms. The van der Waals surface area contributed by atoms with E-state index in [4.69, 9.17) is 0 Å². The molecule has 0 N–H and O–H groups in total. The van der Waals surface area contributed by atoms with E-state index in [0.29, 0.717) is 5.39 Å². The molecule has 1 heterocycles. The van der Waals surface area contributed by atoms with Crippen LogP contribution in [0.25, 0.3) is 10.9 Å². The topological polar surface area (TPSA) is 12.9 Å². The fourth-order valence-electron chi connectivity index (χ4n) is 1.58. The van der Waals surface area contributed by atoms with Crippen molar-refractivity contribution < 1.29 is 17.6 Å². The first kappa shape index (κ1) is 12.3. The Labute approximate surface area is 103 Å². The van der Waals surface area contributed by atoms with Crippen molar-refractivity contribution in [3.8, 4) is 0 Å².